The molecule has 5 nitrogen and oxygen atoms in total. The van der Waals surface area contributed by atoms with E-state index in [9.17, 15) is 13.0 Å². The molecule has 0 saturated carbocycles. The molecule has 0 aliphatic heterocycles. The summed E-state index contributed by atoms with van der Waals surface area (Å²) in [5.74, 6) is 0.565. The zero-order chi connectivity index (χ0) is 13.2. The minimum absolute atomic E-state index is 0. The third-order valence-electron chi connectivity index (χ3n) is 2.43. The van der Waals surface area contributed by atoms with Crippen molar-refractivity contribution in [1.82, 2.24) is 6.15 Å². The average Bonchev–Trinajstić information content (AvgIpc) is 2.31. The summed E-state index contributed by atoms with van der Waals surface area (Å²) in [6.07, 6.45) is 0. The maximum absolute atomic E-state index is 11.1. The fraction of sp³-hybridized carbons (Fsp3) is 0.0769. The fourth-order valence-electron chi connectivity index (χ4n) is 1.53. The van der Waals surface area contributed by atoms with Crippen LogP contribution in [0.5, 0.6) is 11.5 Å². The first kappa shape index (κ1) is 15.2. The maximum Gasteiger partial charge on any atom is 0.144 e. The molecule has 4 N–H and O–H groups in total. The van der Waals surface area contributed by atoms with Gasteiger partial charge in [-0.3, -0.25) is 0 Å². The lowest BCUT2D eigenvalue weighted by atomic mass is 10.2. The van der Waals surface area contributed by atoms with Gasteiger partial charge in [-0.2, -0.15) is 0 Å². The van der Waals surface area contributed by atoms with Gasteiger partial charge in [-0.25, -0.2) is 8.42 Å². The summed E-state index contributed by atoms with van der Waals surface area (Å²) in [4.78, 5) is -0.353. The lowest BCUT2D eigenvalue weighted by Gasteiger charge is -2.14. The first-order chi connectivity index (χ1) is 8.48. The quantitative estimate of drug-likeness (QED) is 0.873. The fourth-order valence-corrected chi connectivity index (χ4v) is 2.13. The number of ether oxygens (including phenoxy) is 1. The summed E-state index contributed by atoms with van der Waals surface area (Å²) in [6.45, 7) is 1.84. The Kier molecular flexibility index (Phi) is 4.66. The molecule has 0 aromatic heterocycles. The zero-order valence-electron chi connectivity index (χ0n) is 10.7. The standard InChI is InChI=1S/C13H12O4S.H3N/c1-10-6-2-3-7-11(10)17-12-8-4-5-9-13(12)18(14,15)16;/h2-9H,1H3,(H,14,15,16);1H3. The van der Waals surface area contributed by atoms with Crippen LogP contribution in [0.4, 0.5) is 0 Å². The van der Waals surface area contributed by atoms with Crippen LogP contribution in [-0.2, 0) is 10.1 Å². The summed E-state index contributed by atoms with van der Waals surface area (Å²) in [5, 5.41) is 0. The van der Waals surface area contributed by atoms with Crippen molar-refractivity contribution in [2.24, 2.45) is 0 Å². The third-order valence-corrected chi connectivity index (χ3v) is 3.31. The molecule has 0 heterocycles. The van der Waals surface area contributed by atoms with Crippen molar-refractivity contribution in [3.63, 3.8) is 0 Å². The van der Waals surface area contributed by atoms with Crippen LogP contribution in [0.2, 0.25) is 0 Å². The van der Waals surface area contributed by atoms with Gasteiger partial charge >= 0.3 is 0 Å². The second-order valence-corrected chi connectivity index (χ2v) is 5.12. The molecule has 0 fully saturated rings. The highest BCUT2D eigenvalue weighted by Crippen LogP contribution is 2.29. The minimum atomic E-state index is -4.54. The average molecular weight is 281 g/mol. The Bertz CT molecular complexity index is 668. The van der Waals surface area contributed by atoms with E-state index in [2.05, 4.69) is 0 Å². The normalized spacial score (nSPS) is 10.6. The molecule has 19 heavy (non-hydrogen) atoms. The predicted molar refractivity (Wildman–Crippen MR) is 71.6 cm³/mol. The molecule has 0 bridgehead atoms. The predicted octanol–water partition coefficient (Wildman–Crippen LogP) is 3.07. The van der Waals surface area contributed by atoms with Crippen molar-refractivity contribution in [3.8, 4) is 11.5 Å². The summed E-state index contributed by atoms with van der Waals surface area (Å²) in [5.41, 5.74) is 0.857. The Balaban J connectivity index is 0.00000180. The monoisotopic (exact) mass is 281 g/mol. The van der Waals surface area contributed by atoms with Gasteiger partial charge < -0.3 is 15.4 Å². The SMILES string of the molecule is Cc1ccccc1Oc1ccccc1S(=O)(=O)[O-].[NH4+]. The van der Waals surface area contributed by atoms with E-state index in [1.165, 1.54) is 18.2 Å². The summed E-state index contributed by atoms with van der Waals surface area (Å²) < 4.78 is 38.8. The summed E-state index contributed by atoms with van der Waals surface area (Å²) in [6, 6.07) is 13.0. The van der Waals surface area contributed by atoms with E-state index in [0.717, 1.165) is 5.56 Å². The van der Waals surface area contributed by atoms with E-state index in [1.807, 2.05) is 19.1 Å². The topological polar surface area (TPSA) is 103 Å². The summed E-state index contributed by atoms with van der Waals surface area (Å²) in [7, 11) is -4.54. The van der Waals surface area contributed by atoms with Gasteiger partial charge in [-0.15, -0.1) is 0 Å². The first-order valence-corrected chi connectivity index (χ1v) is 6.68. The molecule has 2 aromatic rings. The smallest absolute Gasteiger partial charge is 0.144 e. The van der Waals surface area contributed by atoms with Crippen LogP contribution < -0.4 is 10.9 Å². The Labute approximate surface area is 112 Å². The van der Waals surface area contributed by atoms with Gasteiger partial charge in [0, 0.05) is 0 Å². The van der Waals surface area contributed by atoms with Gasteiger partial charge in [0.2, 0.25) is 0 Å². The van der Waals surface area contributed by atoms with Crippen LogP contribution in [-0.4, -0.2) is 13.0 Å². The van der Waals surface area contributed by atoms with E-state index >= 15 is 0 Å². The van der Waals surface area contributed by atoms with Crippen LogP contribution in [0.1, 0.15) is 5.56 Å². The molecule has 0 radical (unpaired) electrons. The third kappa shape index (κ3) is 3.54. The molecule has 0 aliphatic carbocycles. The lowest BCUT2D eigenvalue weighted by molar-refractivity contribution is 0.439. The van der Waals surface area contributed by atoms with Gasteiger partial charge in [0.1, 0.15) is 21.6 Å². The van der Waals surface area contributed by atoms with E-state index < -0.39 is 10.1 Å². The molecule has 6 heteroatoms. The van der Waals surface area contributed by atoms with E-state index in [0.29, 0.717) is 5.75 Å². The van der Waals surface area contributed by atoms with Gasteiger partial charge in [-0.1, -0.05) is 30.3 Å². The molecular weight excluding hydrogens is 266 g/mol. The van der Waals surface area contributed by atoms with Crippen molar-refractivity contribution >= 4 is 10.1 Å². The van der Waals surface area contributed by atoms with Crippen molar-refractivity contribution < 1.29 is 17.7 Å². The molecule has 2 aromatic carbocycles. The highest BCUT2D eigenvalue weighted by Gasteiger charge is 2.10. The van der Waals surface area contributed by atoms with Crippen molar-refractivity contribution in [2.75, 3.05) is 0 Å². The van der Waals surface area contributed by atoms with Gasteiger partial charge in [0.05, 0.1) is 4.90 Å². The number of hydrogen-bond acceptors (Lipinski definition) is 4. The molecule has 0 atom stereocenters. The van der Waals surface area contributed by atoms with Gasteiger partial charge in [0.15, 0.2) is 0 Å². The van der Waals surface area contributed by atoms with Crippen molar-refractivity contribution in [3.05, 3.63) is 54.1 Å². The highest BCUT2D eigenvalue weighted by atomic mass is 32.2. The maximum atomic E-state index is 11.1. The molecular formula is C13H15NO4S. The molecule has 0 saturated heterocycles. The summed E-state index contributed by atoms with van der Waals surface area (Å²) >= 11 is 0. The number of para-hydroxylation sites is 2. The van der Waals surface area contributed by atoms with Gasteiger partial charge in [0.25, 0.3) is 0 Å². The van der Waals surface area contributed by atoms with Crippen LogP contribution in [0.15, 0.2) is 53.4 Å². The molecule has 0 unspecified atom stereocenters. The van der Waals surface area contributed by atoms with Crippen molar-refractivity contribution in [1.29, 1.82) is 0 Å². The molecule has 0 spiro atoms. The number of quaternary nitrogens is 1. The Morgan fingerprint density at radius 1 is 0.947 bits per heavy atom. The number of benzene rings is 2. The first-order valence-electron chi connectivity index (χ1n) is 5.27. The number of hydrogen-bond donors (Lipinski definition) is 1. The van der Waals surface area contributed by atoms with Crippen LogP contribution >= 0.6 is 0 Å². The van der Waals surface area contributed by atoms with Gasteiger partial charge in [-0.05, 0) is 30.7 Å². The van der Waals surface area contributed by atoms with Crippen molar-refractivity contribution in [2.45, 2.75) is 11.8 Å². The van der Waals surface area contributed by atoms with E-state index in [-0.39, 0.29) is 16.8 Å². The highest BCUT2D eigenvalue weighted by molar-refractivity contribution is 7.85. The molecule has 0 amide bonds. The molecule has 0 aliphatic rings. The second kappa shape index (κ2) is 5.83. The Hall–Kier alpha value is -1.89. The lowest BCUT2D eigenvalue weighted by Crippen LogP contribution is -2.01. The van der Waals surface area contributed by atoms with E-state index in [1.54, 1.807) is 18.2 Å². The second-order valence-electron chi connectivity index (χ2n) is 3.77. The molecule has 102 valence electrons. The minimum Gasteiger partial charge on any atom is -0.744 e. The molecule has 2 rings (SSSR count). The largest absolute Gasteiger partial charge is 0.744 e. The van der Waals surface area contributed by atoms with Crippen LogP contribution in [0.3, 0.4) is 0 Å². The Morgan fingerprint density at radius 3 is 2.05 bits per heavy atom. The van der Waals surface area contributed by atoms with Crippen LogP contribution in [0.25, 0.3) is 0 Å². The number of rotatable bonds is 3. The Morgan fingerprint density at radius 2 is 1.47 bits per heavy atom. The van der Waals surface area contributed by atoms with E-state index in [4.69, 9.17) is 4.74 Å². The zero-order valence-corrected chi connectivity index (χ0v) is 11.5. The number of aryl methyl sites for hydroxylation is 1. The van der Waals surface area contributed by atoms with Crippen LogP contribution in [0, 0.1) is 6.92 Å².